The first-order valence-electron chi connectivity index (χ1n) is 10.6. The van der Waals surface area contributed by atoms with Gasteiger partial charge < -0.3 is 0 Å². The van der Waals surface area contributed by atoms with Crippen molar-refractivity contribution in [1.82, 2.24) is 15.0 Å². The van der Waals surface area contributed by atoms with E-state index < -0.39 is 4.92 Å². The molecule has 0 saturated carbocycles. The van der Waals surface area contributed by atoms with E-state index in [0.717, 1.165) is 17.3 Å². The zero-order valence-electron chi connectivity index (χ0n) is 19.0. The minimum absolute atomic E-state index is 0.0202. The van der Waals surface area contributed by atoms with Crippen LogP contribution in [0.25, 0.3) is 16.6 Å². The quantitative estimate of drug-likeness (QED) is 0.137. The van der Waals surface area contributed by atoms with E-state index >= 15 is 0 Å². The van der Waals surface area contributed by atoms with Crippen LogP contribution in [0.2, 0.25) is 0 Å². The molecule has 0 atom stereocenters. The number of hydrogen-bond acceptors (Lipinski definition) is 7. The summed E-state index contributed by atoms with van der Waals surface area (Å²) in [4.78, 5) is 40.7. The predicted molar refractivity (Wildman–Crippen MR) is 136 cm³/mol. The molecule has 0 aliphatic rings. The maximum absolute atomic E-state index is 13.3. The molecule has 0 fully saturated rings. The first kappa shape index (κ1) is 23.8. The zero-order chi connectivity index (χ0) is 24.9. The summed E-state index contributed by atoms with van der Waals surface area (Å²) in [6.45, 7) is 3.65. The molecule has 1 N–H and O–H groups in total. The number of thioether (sulfide) groups is 1. The fourth-order valence-electron chi connectivity index (χ4n) is 3.33. The van der Waals surface area contributed by atoms with Crippen LogP contribution in [0.5, 0.6) is 0 Å². The van der Waals surface area contributed by atoms with Crippen molar-refractivity contribution in [2.24, 2.45) is 5.10 Å². The maximum Gasteiger partial charge on any atom is 0.269 e. The Balaban J connectivity index is 1.54. The summed E-state index contributed by atoms with van der Waals surface area (Å²) in [5.41, 5.74) is 5.67. The van der Waals surface area contributed by atoms with E-state index in [1.807, 2.05) is 37.3 Å². The van der Waals surface area contributed by atoms with E-state index in [4.69, 9.17) is 0 Å². The molecule has 1 amide bonds. The van der Waals surface area contributed by atoms with Gasteiger partial charge in [0, 0.05) is 12.1 Å². The first-order valence-corrected chi connectivity index (χ1v) is 11.6. The lowest BCUT2D eigenvalue weighted by molar-refractivity contribution is -0.384. The molecule has 1 aromatic heterocycles. The second-order valence-corrected chi connectivity index (χ2v) is 8.65. The van der Waals surface area contributed by atoms with Gasteiger partial charge in [0.15, 0.2) is 5.16 Å². The van der Waals surface area contributed by atoms with E-state index in [-0.39, 0.29) is 22.9 Å². The average Bonchev–Trinajstić information content (AvgIpc) is 2.87. The van der Waals surface area contributed by atoms with Gasteiger partial charge in [-0.1, -0.05) is 41.6 Å². The van der Waals surface area contributed by atoms with Crippen molar-refractivity contribution < 1.29 is 9.72 Å². The van der Waals surface area contributed by atoms with Crippen LogP contribution in [-0.4, -0.2) is 31.8 Å². The molecule has 0 bridgehead atoms. The standard InChI is InChI=1S/C25H21N5O4S/c1-16-7-11-19(12-8-16)29-24(32)21-5-3-4-6-22(21)26-25(29)35-15-23(31)28-27-17(2)18-9-13-20(14-10-18)30(33)34/h3-14H,15H2,1-2H3,(H,28,31). The van der Waals surface area contributed by atoms with E-state index in [0.29, 0.717) is 33.0 Å². The highest BCUT2D eigenvalue weighted by Gasteiger charge is 2.15. The van der Waals surface area contributed by atoms with Gasteiger partial charge in [-0.15, -0.1) is 0 Å². The molecule has 176 valence electrons. The van der Waals surface area contributed by atoms with Gasteiger partial charge in [0.1, 0.15) is 0 Å². The third-order valence-corrected chi connectivity index (χ3v) is 6.15. The molecule has 35 heavy (non-hydrogen) atoms. The number of hydrogen-bond donors (Lipinski definition) is 1. The molecule has 0 aliphatic heterocycles. The summed E-state index contributed by atoms with van der Waals surface area (Å²) >= 11 is 1.13. The third kappa shape index (κ3) is 5.44. The van der Waals surface area contributed by atoms with E-state index in [1.54, 1.807) is 37.3 Å². The largest absolute Gasteiger partial charge is 0.272 e. The van der Waals surface area contributed by atoms with E-state index in [1.165, 1.54) is 16.7 Å². The summed E-state index contributed by atoms with van der Waals surface area (Å²) in [6.07, 6.45) is 0. The lowest BCUT2D eigenvalue weighted by Gasteiger charge is -2.13. The number of aromatic nitrogens is 2. The number of nitrogens with zero attached hydrogens (tertiary/aromatic N) is 4. The number of nitrogens with one attached hydrogen (secondary N) is 1. The Labute approximate surface area is 204 Å². The van der Waals surface area contributed by atoms with Crippen LogP contribution in [0.4, 0.5) is 5.69 Å². The molecule has 3 aromatic carbocycles. The predicted octanol–water partition coefficient (Wildman–Crippen LogP) is 4.23. The van der Waals surface area contributed by atoms with Crippen molar-refractivity contribution in [2.75, 3.05) is 5.75 Å². The Morgan fingerprint density at radius 2 is 1.77 bits per heavy atom. The van der Waals surface area contributed by atoms with Crippen LogP contribution in [0.1, 0.15) is 18.1 Å². The molecule has 4 rings (SSSR count). The number of aryl methyl sites for hydroxylation is 1. The van der Waals surface area contributed by atoms with Gasteiger partial charge in [-0.25, -0.2) is 10.4 Å². The monoisotopic (exact) mass is 487 g/mol. The van der Waals surface area contributed by atoms with Gasteiger partial charge in [0.25, 0.3) is 17.2 Å². The fourth-order valence-corrected chi connectivity index (χ4v) is 4.13. The van der Waals surface area contributed by atoms with Crippen molar-refractivity contribution in [3.05, 3.63) is 104 Å². The highest BCUT2D eigenvalue weighted by Crippen LogP contribution is 2.21. The molecule has 0 aliphatic carbocycles. The van der Waals surface area contributed by atoms with Gasteiger partial charge in [-0.05, 0) is 55.8 Å². The number of nitro groups is 1. The number of amides is 1. The summed E-state index contributed by atoms with van der Waals surface area (Å²) < 4.78 is 1.51. The molecule has 1 heterocycles. The third-order valence-electron chi connectivity index (χ3n) is 5.21. The zero-order valence-corrected chi connectivity index (χ0v) is 19.8. The lowest BCUT2D eigenvalue weighted by Crippen LogP contribution is -2.24. The van der Waals surface area contributed by atoms with Crippen LogP contribution in [0, 0.1) is 17.0 Å². The van der Waals surface area contributed by atoms with Crippen LogP contribution < -0.4 is 11.0 Å². The number of nitro benzene ring substituents is 1. The molecule has 9 nitrogen and oxygen atoms in total. The van der Waals surface area contributed by atoms with Gasteiger partial charge in [0.05, 0.1) is 33.0 Å². The number of rotatable bonds is 7. The molecule has 10 heteroatoms. The van der Waals surface area contributed by atoms with Gasteiger partial charge >= 0.3 is 0 Å². The number of para-hydroxylation sites is 1. The molecule has 0 spiro atoms. The number of fused-ring (bicyclic) bond motifs is 1. The Kier molecular flexibility index (Phi) is 7.02. The average molecular weight is 488 g/mol. The normalized spacial score (nSPS) is 11.4. The smallest absolute Gasteiger partial charge is 0.269 e. The Hall–Kier alpha value is -4.31. The van der Waals surface area contributed by atoms with Crippen LogP contribution in [0.15, 0.2) is 87.8 Å². The highest BCUT2D eigenvalue weighted by atomic mass is 32.2. The van der Waals surface area contributed by atoms with Crippen molar-refractivity contribution in [2.45, 2.75) is 19.0 Å². The van der Waals surface area contributed by atoms with E-state index in [9.17, 15) is 19.7 Å². The summed E-state index contributed by atoms with van der Waals surface area (Å²) in [6, 6.07) is 20.5. The lowest BCUT2D eigenvalue weighted by atomic mass is 10.1. The molecule has 0 saturated heterocycles. The minimum atomic E-state index is -0.480. The Morgan fingerprint density at radius 1 is 1.09 bits per heavy atom. The summed E-state index contributed by atoms with van der Waals surface area (Å²) in [7, 11) is 0. The van der Waals surface area contributed by atoms with Gasteiger partial charge in [0.2, 0.25) is 0 Å². The van der Waals surface area contributed by atoms with Gasteiger partial charge in [-0.3, -0.25) is 24.3 Å². The molecular weight excluding hydrogens is 466 g/mol. The van der Waals surface area contributed by atoms with Crippen molar-refractivity contribution in [1.29, 1.82) is 0 Å². The highest BCUT2D eigenvalue weighted by molar-refractivity contribution is 7.99. The number of hydrazone groups is 1. The second kappa shape index (κ2) is 10.3. The second-order valence-electron chi connectivity index (χ2n) is 7.71. The Bertz CT molecular complexity index is 1500. The van der Waals surface area contributed by atoms with Crippen LogP contribution >= 0.6 is 11.8 Å². The molecule has 0 radical (unpaired) electrons. The topological polar surface area (TPSA) is 119 Å². The fraction of sp³-hybridized carbons (Fsp3) is 0.120. The molecule has 0 unspecified atom stereocenters. The van der Waals surface area contributed by atoms with Crippen molar-refractivity contribution >= 4 is 40.0 Å². The number of carbonyl (C=O) groups is 1. The summed E-state index contributed by atoms with van der Waals surface area (Å²) in [5.74, 6) is -0.401. The van der Waals surface area contributed by atoms with E-state index in [2.05, 4.69) is 15.5 Å². The molecule has 4 aromatic rings. The number of non-ortho nitro benzene ring substituents is 1. The van der Waals surface area contributed by atoms with Crippen LogP contribution in [0.3, 0.4) is 0 Å². The number of benzene rings is 3. The minimum Gasteiger partial charge on any atom is -0.272 e. The van der Waals surface area contributed by atoms with Crippen molar-refractivity contribution in [3.63, 3.8) is 0 Å². The van der Waals surface area contributed by atoms with Gasteiger partial charge in [-0.2, -0.15) is 5.10 Å². The first-order chi connectivity index (χ1) is 16.8. The SMILES string of the molecule is CC(=NNC(=O)CSc1nc2ccccc2c(=O)n1-c1ccc(C)cc1)c1ccc([N+](=O)[O-])cc1. The molecular formula is C25H21N5O4S. The van der Waals surface area contributed by atoms with Crippen LogP contribution in [-0.2, 0) is 4.79 Å². The number of carbonyl (C=O) groups excluding carboxylic acids is 1. The maximum atomic E-state index is 13.3. The van der Waals surface area contributed by atoms with Crippen molar-refractivity contribution in [3.8, 4) is 5.69 Å². The summed E-state index contributed by atoms with van der Waals surface area (Å²) in [5, 5.41) is 15.8. The Morgan fingerprint density at radius 3 is 2.46 bits per heavy atom.